The minimum atomic E-state index is 0. The average Bonchev–Trinajstić information content (AvgIpc) is 2.56. The van der Waals surface area contributed by atoms with E-state index >= 15 is 0 Å². The van der Waals surface area contributed by atoms with Crippen LogP contribution in [-0.4, -0.2) is 13.1 Å². The molecule has 1 fully saturated rings. The van der Waals surface area contributed by atoms with Gasteiger partial charge in [-0.2, -0.15) is 0 Å². The van der Waals surface area contributed by atoms with E-state index in [0.29, 0.717) is 5.02 Å². The molecule has 2 rings (SSSR count). The molecule has 4 heteroatoms. The fourth-order valence-corrected chi connectivity index (χ4v) is 1.95. The van der Waals surface area contributed by atoms with Crippen LogP contribution < -0.4 is 23.0 Å². The topological polar surface area (TPSA) is 29.3 Å². The second-order valence-corrected chi connectivity index (χ2v) is 3.83. The summed E-state index contributed by atoms with van der Waals surface area (Å²) in [5.74, 6) is 0. The standard InChI is InChI=1S/C10H13ClN2.ClH/c11-8-3-4-10(9(12)7-8)13-5-1-2-6-13;/h3-4,7H,1-2,5-6,12H2;1H/p-1. The first-order valence-corrected chi connectivity index (χ1v) is 4.95. The molecule has 0 atom stereocenters. The predicted octanol–water partition coefficient (Wildman–Crippen LogP) is -0.474. The van der Waals surface area contributed by atoms with Gasteiger partial charge in [0.25, 0.3) is 0 Å². The molecule has 1 saturated heterocycles. The summed E-state index contributed by atoms with van der Waals surface area (Å²) in [6, 6.07) is 5.71. The van der Waals surface area contributed by atoms with Gasteiger partial charge in [0, 0.05) is 18.1 Å². The fraction of sp³-hybridized carbons (Fsp3) is 0.400. The van der Waals surface area contributed by atoms with E-state index in [1.807, 2.05) is 18.2 Å². The highest BCUT2D eigenvalue weighted by Gasteiger charge is 2.14. The number of rotatable bonds is 1. The van der Waals surface area contributed by atoms with Crippen molar-refractivity contribution in [3.05, 3.63) is 23.2 Å². The lowest BCUT2D eigenvalue weighted by atomic mass is 10.2. The second kappa shape index (κ2) is 4.76. The molecule has 2 N–H and O–H groups in total. The van der Waals surface area contributed by atoms with E-state index in [4.69, 9.17) is 17.3 Å². The number of benzene rings is 1. The summed E-state index contributed by atoms with van der Waals surface area (Å²) in [7, 11) is 0. The first-order valence-electron chi connectivity index (χ1n) is 4.57. The van der Waals surface area contributed by atoms with Crippen molar-refractivity contribution in [2.75, 3.05) is 23.7 Å². The Morgan fingerprint density at radius 3 is 2.43 bits per heavy atom. The molecule has 0 unspecified atom stereocenters. The van der Waals surface area contributed by atoms with Gasteiger partial charge in [-0.25, -0.2) is 0 Å². The van der Waals surface area contributed by atoms with E-state index in [9.17, 15) is 0 Å². The molecule has 1 aliphatic rings. The van der Waals surface area contributed by atoms with Crippen LogP contribution in [0.25, 0.3) is 0 Å². The number of nitrogens with zero attached hydrogens (tertiary/aromatic N) is 1. The van der Waals surface area contributed by atoms with Gasteiger partial charge in [-0.3, -0.25) is 0 Å². The highest BCUT2D eigenvalue weighted by molar-refractivity contribution is 6.31. The summed E-state index contributed by atoms with van der Waals surface area (Å²) in [6.07, 6.45) is 2.53. The molecule has 0 spiro atoms. The molecule has 0 radical (unpaired) electrons. The zero-order chi connectivity index (χ0) is 9.26. The van der Waals surface area contributed by atoms with Gasteiger partial charge in [0.05, 0.1) is 11.4 Å². The van der Waals surface area contributed by atoms with E-state index in [2.05, 4.69) is 4.90 Å². The average molecular weight is 232 g/mol. The van der Waals surface area contributed by atoms with Crippen molar-refractivity contribution in [1.29, 1.82) is 0 Å². The molecular weight excluding hydrogens is 219 g/mol. The highest BCUT2D eigenvalue weighted by atomic mass is 35.5. The Kier molecular flexibility index (Phi) is 3.90. The number of anilines is 2. The molecule has 0 aromatic heterocycles. The molecule has 1 aliphatic heterocycles. The molecule has 1 aromatic rings. The van der Waals surface area contributed by atoms with Crippen LogP contribution in [0.4, 0.5) is 11.4 Å². The van der Waals surface area contributed by atoms with Crippen molar-refractivity contribution in [3.63, 3.8) is 0 Å². The lowest BCUT2D eigenvalue weighted by Crippen LogP contribution is -3.00. The Bertz CT molecular complexity index is 309. The quantitative estimate of drug-likeness (QED) is 0.663. The molecule has 14 heavy (non-hydrogen) atoms. The summed E-state index contributed by atoms with van der Waals surface area (Å²) in [4.78, 5) is 2.31. The summed E-state index contributed by atoms with van der Waals surface area (Å²) >= 11 is 5.83. The minimum Gasteiger partial charge on any atom is -1.00 e. The molecule has 0 amide bonds. The van der Waals surface area contributed by atoms with Crippen molar-refractivity contribution >= 4 is 23.0 Å². The minimum absolute atomic E-state index is 0. The van der Waals surface area contributed by atoms with Gasteiger partial charge in [0.15, 0.2) is 0 Å². The zero-order valence-electron chi connectivity index (χ0n) is 7.84. The van der Waals surface area contributed by atoms with Crippen LogP contribution in [0.3, 0.4) is 0 Å². The van der Waals surface area contributed by atoms with Crippen molar-refractivity contribution in [1.82, 2.24) is 0 Å². The Labute approximate surface area is 95.4 Å². The molecule has 0 bridgehead atoms. The third-order valence-corrected chi connectivity index (χ3v) is 2.67. The van der Waals surface area contributed by atoms with E-state index in [-0.39, 0.29) is 12.4 Å². The van der Waals surface area contributed by atoms with Crippen molar-refractivity contribution in [2.45, 2.75) is 12.8 Å². The van der Waals surface area contributed by atoms with Crippen LogP contribution in [0, 0.1) is 0 Å². The Balaban J connectivity index is 0.000000980. The summed E-state index contributed by atoms with van der Waals surface area (Å²) in [5.41, 5.74) is 7.79. The molecule has 1 heterocycles. The largest absolute Gasteiger partial charge is 1.00 e. The van der Waals surface area contributed by atoms with E-state index in [1.54, 1.807) is 0 Å². The Morgan fingerprint density at radius 2 is 1.86 bits per heavy atom. The van der Waals surface area contributed by atoms with Gasteiger partial charge < -0.3 is 23.0 Å². The monoisotopic (exact) mass is 231 g/mol. The summed E-state index contributed by atoms with van der Waals surface area (Å²) in [5, 5.41) is 0.709. The van der Waals surface area contributed by atoms with E-state index in [0.717, 1.165) is 24.5 Å². The Hall–Kier alpha value is -0.600. The molecule has 2 nitrogen and oxygen atoms in total. The van der Waals surface area contributed by atoms with Gasteiger partial charge in [-0.15, -0.1) is 0 Å². The highest BCUT2D eigenvalue weighted by Crippen LogP contribution is 2.28. The lowest BCUT2D eigenvalue weighted by molar-refractivity contribution is -0.00000255. The number of nitrogens with two attached hydrogens (primary N) is 1. The molecule has 0 saturated carbocycles. The van der Waals surface area contributed by atoms with Gasteiger partial charge in [0.1, 0.15) is 0 Å². The number of nitrogen functional groups attached to an aromatic ring is 1. The zero-order valence-corrected chi connectivity index (χ0v) is 9.35. The van der Waals surface area contributed by atoms with Crippen LogP contribution in [0.5, 0.6) is 0 Å². The SMILES string of the molecule is Nc1cc(Cl)ccc1N1CCCC1.[Cl-]. The lowest BCUT2D eigenvalue weighted by Gasteiger charge is -2.19. The Morgan fingerprint density at radius 1 is 1.21 bits per heavy atom. The maximum atomic E-state index is 5.88. The van der Waals surface area contributed by atoms with E-state index in [1.165, 1.54) is 12.8 Å². The molecular formula is C10H13Cl2N2-. The fourth-order valence-electron chi connectivity index (χ4n) is 1.77. The van der Waals surface area contributed by atoms with Gasteiger partial charge in [-0.1, -0.05) is 11.6 Å². The van der Waals surface area contributed by atoms with Crippen molar-refractivity contribution < 1.29 is 12.4 Å². The summed E-state index contributed by atoms with van der Waals surface area (Å²) < 4.78 is 0. The third kappa shape index (κ3) is 2.25. The van der Waals surface area contributed by atoms with Crippen LogP contribution in [0.15, 0.2) is 18.2 Å². The first kappa shape index (κ1) is 11.5. The van der Waals surface area contributed by atoms with Crippen LogP contribution in [-0.2, 0) is 0 Å². The normalized spacial score (nSPS) is 15.4. The second-order valence-electron chi connectivity index (χ2n) is 3.40. The number of halogens is 2. The smallest absolute Gasteiger partial charge is 0.0600 e. The van der Waals surface area contributed by atoms with Crippen LogP contribution in [0.2, 0.25) is 5.02 Å². The number of hydrogen-bond donors (Lipinski definition) is 1. The maximum Gasteiger partial charge on any atom is 0.0600 e. The van der Waals surface area contributed by atoms with Crippen LogP contribution in [0.1, 0.15) is 12.8 Å². The predicted molar refractivity (Wildman–Crippen MR) is 57.3 cm³/mol. The van der Waals surface area contributed by atoms with Crippen LogP contribution >= 0.6 is 11.6 Å². The van der Waals surface area contributed by atoms with Crippen molar-refractivity contribution in [3.8, 4) is 0 Å². The van der Waals surface area contributed by atoms with Crippen molar-refractivity contribution in [2.24, 2.45) is 0 Å². The summed E-state index contributed by atoms with van der Waals surface area (Å²) in [6.45, 7) is 2.23. The molecule has 1 aromatic carbocycles. The maximum absolute atomic E-state index is 5.88. The first-order chi connectivity index (χ1) is 6.27. The van der Waals surface area contributed by atoms with Gasteiger partial charge in [0.2, 0.25) is 0 Å². The molecule has 0 aliphatic carbocycles. The van der Waals surface area contributed by atoms with E-state index < -0.39 is 0 Å². The molecule has 78 valence electrons. The number of hydrogen-bond acceptors (Lipinski definition) is 2. The van der Waals surface area contributed by atoms with Gasteiger partial charge in [-0.05, 0) is 31.0 Å². The van der Waals surface area contributed by atoms with Gasteiger partial charge >= 0.3 is 0 Å². The third-order valence-electron chi connectivity index (χ3n) is 2.44.